The summed E-state index contributed by atoms with van der Waals surface area (Å²) in [5.74, 6) is 0. The SMILES string of the molecule is O=c1ccn(Cc2nnsc2Cl)cc1[N+](=O)[O-]. The molecule has 2 heterocycles. The van der Waals surface area contributed by atoms with Crippen molar-refractivity contribution in [2.45, 2.75) is 6.54 Å². The van der Waals surface area contributed by atoms with E-state index in [0.29, 0.717) is 10.0 Å². The van der Waals surface area contributed by atoms with Crippen molar-refractivity contribution in [1.82, 2.24) is 14.2 Å². The highest BCUT2D eigenvalue weighted by Crippen LogP contribution is 2.18. The maximum absolute atomic E-state index is 11.2. The van der Waals surface area contributed by atoms with E-state index in [1.54, 1.807) is 0 Å². The zero-order valence-corrected chi connectivity index (χ0v) is 9.81. The van der Waals surface area contributed by atoms with Gasteiger partial charge in [0.2, 0.25) is 0 Å². The number of nitro groups is 1. The molecule has 2 aromatic rings. The van der Waals surface area contributed by atoms with Gasteiger partial charge in [-0.2, -0.15) is 0 Å². The van der Waals surface area contributed by atoms with E-state index in [9.17, 15) is 14.9 Å². The third-order valence-electron chi connectivity index (χ3n) is 2.00. The predicted octanol–water partition coefficient (Wildman–Crippen LogP) is 1.31. The Kier molecular flexibility index (Phi) is 3.16. The van der Waals surface area contributed by atoms with Crippen molar-refractivity contribution < 1.29 is 4.92 Å². The van der Waals surface area contributed by atoms with Crippen LogP contribution in [0.25, 0.3) is 0 Å². The lowest BCUT2D eigenvalue weighted by Crippen LogP contribution is -2.11. The van der Waals surface area contributed by atoms with Crippen LogP contribution in [0.1, 0.15) is 5.69 Å². The maximum atomic E-state index is 11.2. The fourth-order valence-corrected chi connectivity index (χ4v) is 1.82. The van der Waals surface area contributed by atoms with Crippen LogP contribution in [0.3, 0.4) is 0 Å². The Hall–Kier alpha value is -1.80. The predicted molar refractivity (Wildman–Crippen MR) is 61.4 cm³/mol. The molecule has 9 heteroatoms. The average molecular weight is 273 g/mol. The van der Waals surface area contributed by atoms with Crippen LogP contribution in [0.2, 0.25) is 4.34 Å². The Bertz CT molecular complexity index is 623. The first-order chi connectivity index (χ1) is 8.08. The molecule has 0 unspecified atom stereocenters. The number of hydrogen-bond donors (Lipinski definition) is 0. The summed E-state index contributed by atoms with van der Waals surface area (Å²) in [5, 5.41) is 14.4. The molecule has 0 N–H and O–H groups in total. The van der Waals surface area contributed by atoms with Gasteiger partial charge in [-0.3, -0.25) is 14.9 Å². The minimum absolute atomic E-state index is 0.233. The average Bonchev–Trinajstić information content (AvgIpc) is 2.67. The molecular formula is C8H5ClN4O3S. The van der Waals surface area contributed by atoms with Crippen LogP contribution in [0.15, 0.2) is 23.3 Å². The molecule has 0 saturated heterocycles. The highest BCUT2D eigenvalue weighted by Gasteiger charge is 2.13. The molecule has 0 aliphatic carbocycles. The van der Waals surface area contributed by atoms with Crippen molar-refractivity contribution in [3.05, 3.63) is 48.8 Å². The van der Waals surface area contributed by atoms with E-state index in [2.05, 4.69) is 9.59 Å². The second-order valence-electron chi connectivity index (χ2n) is 3.12. The summed E-state index contributed by atoms with van der Waals surface area (Å²) >= 11 is 6.84. The van der Waals surface area contributed by atoms with Gasteiger partial charge in [-0.15, -0.1) is 5.10 Å². The Labute approximate surface area is 104 Å². The van der Waals surface area contributed by atoms with Gasteiger partial charge in [0.05, 0.1) is 17.7 Å². The molecule has 2 rings (SSSR count). The van der Waals surface area contributed by atoms with Crippen LogP contribution >= 0.6 is 23.1 Å². The fraction of sp³-hybridized carbons (Fsp3) is 0.125. The van der Waals surface area contributed by atoms with Crippen molar-refractivity contribution in [3.63, 3.8) is 0 Å². The van der Waals surface area contributed by atoms with Crippen LogP contribution in [0, 0.1) is 10.1 Å². The minimum atomic E-state index is -0.722. The number of pyridine rings is 1. The number of hydrogen-bond acceptors (Lipinski definition) is 6. The number of halogens is 1. The van der Waals surface area contributed by atoms with Gasteiger partial charge in [-0.05, 0) is 0 Å². The molecule has 0 saturated carbocycles. The Balaban J connectivity index is 2.35. The molecule has 0 aromatic carbocycles. The van der Waals surface area contributed by atoms with E-state index in [1.165, 1.54) is 10.8 Å². The summed E-state index contributed by atoms with van der Waals surface area (Å²) in [6.45, 7) is 0.233. The highest BCUT2D eigenvalue weighted by molar-refractivity contribution is 7.10. The summed E-state index contributed by atoms with van der Waals surface area (Å²) in [6, 6.07) is 1.13. The van der Waals surface area contributed by atoms with Gasteiger partial charge in [0.1, 0.15) is 10.0 Å². The van der Waals surface area contributed by atoms with Gasteiger partial charge in [0.15, 0.2) is 0 Å². The Morgan fingerprint density at radius 2 is 2.35 bits per heavy atom. The van der Waals surface area contributed by atoms with Crippen molar-refractivity contribution >= 4 is 28.8 Å². The molecule has 7 nitrogen and oxygen atoms in total. The zero-order chi connectivity index (χ0) is 12.4. The van der Waals surface area contributed by atoms with Crippen molar-refractivity contribution in [1.29, 1.82) is 0 Å². The smallest absolute Gasteiger partial charge is 0.332 e. The van der Waals surface area contributed by atoms with Crippen molar-refractivity contribution in [2.75, 3.05) is 0 Å². The molecule has 0 fully saturated rings. The first kappa shape index (κ1) is 11.7. The molecule has 0 spiro atoms. The fourth-order valence-electron chi connectivity index (χ4n) is 1.21. The summed E-state index contributed by atoms with van der Waals surface area (Å²) in [7, 11) is 0. The third kappa shape index (κ3) is 2.48. The first-order valence-corrected chi connectivity index (χ1v) is 5.54. The number of nitrogens with zero attached hydrogens (tertiary/aromatic N) is 4. The molecule has 0 amide bonds. The lowest BCUT2D eigenvalue weighted by Gasteiger charge is -2.02. The number of aromatic nitrogens is 3. The van der Waals surface area contributed by atoms with E-state index in [-0.39, 0.29) is 6.54 Å². The van der Waals surface area contributed by atoms with Gasteiger partial charge in [0, 0.05) is 23.8 Å². The van der Waals surface area contributed by atoms with E-state index in [4.69, 9.17) is 11.6 Å². The Morgan fingerprint density at radius 3 is 2.94 bits per heavy atom. The molecule has 0 bridgehead atoms. The van der Waals surface area contributed by atoms with Gasteiger partial charge in [0.25, 0.3) is 5.43 Å². The van der Waals surface area contributed by atoms with Gasteiger partial charge in [-0.1, -0.05) is 16.1 Å². The topological polar surface area (TPSA) is 90.9 Å². The van der Waals surface area contributed by atoms with Crippen molar-refractivity contribution in [2.24, 2.45) is 0 Å². The molecule has 0 aliphatic rings. The molecule has 2 aromatic heterocycles. The first-order valence-electron chi connectivity index (χ1n) is 4.39. The number of rotatable bonds is 3. The van der Waals surface area contributed by atoms with E-state index in [1.807, 2.05) is 0 Å². The zero-order valence-electron chi connectivity index (χ0n) is 8.24. The minimum Gasteiger partial charge on any atom is -0.342 e. The Morgan fingerprint density at radius 1 is 1.59 bits per heavy atom. The van der Waals surface area contributed by atoms with Gasteiger partial charge >= 0.3 is 5.69 Å². The monoisotopic (exact) mass is 272 g/mol. The summed E-state index contributed by atoms with van der Waals surface area (Å²) in [4.78, 5) is 21.0. The van der Waals surface area contributed by atoms with E-state index >= 15 is 0 Å². The van der Waals surface area contributed by atoms with Gasteiger partial charge in [-0.25, -0.2) is 0 Å². The second kappa shape index (κ2) is 4.60. The summed E-state index contributed by atoms with van der Waals surface area (Å²) in [6.07, 6.45) is 2.59. The van der Waals surface area contributed by atoms with E-state index in [0.717, 1.165) is 23.8 Å². The lowest BCUT2D eigenvalue weighted by atomic mass is 10.4. The van der Waals surface area contributed by atoms with Crippen molar-refractivity contribution in [3.8, 4) is 0 Å². The van der Waals surface area contributed by atoms with Crippen LogP contribution < -0.4 is 5.43 Å². The standard InChI is InChI=1S/C8H5ClN4O3S/c9-8-5(10-11-17-8)3-12-2-1-7(14)6(4-12)13(15)16/h1-2,4H,3H2. The van der Waals surface area contributed by atoms with Crippen LogP contribution in [-0.4, -0.2) is 19.1 Å². The molecule has 17 heavy (non-hydrogen) atoms. The molecular weight excluding hydrogens is 268 g/mol. The molecule has 0 aliphatic heterocycles. The van der Waals surface area contributed by atoms with E-state index < -0.39 is 16.0 Å². The normalized spacial score (nSPS) is 10.4. The van der Waals surface area contributed by atoms with Gasteiger partial charge < -0.3 is 4.57 Å². The maximum Gasteiger partial charge on any atom is 0.332 e. The summed E-state index contributed by atoms with van der Waals surface area (Å²) < 4.78 is 5.53. The molecule has 0 atom stereocenters. The van der Waals surface area contributed by atoms with Crippen LogP contribution in [0.5, 0.6) is 0 Å². The van der Waals surface area contributed by atoms with Crippen LogP contribution in [-0.2, 0) is 6.54 Å². The molecule has 0 radical (unpaired) electrons. The van der Waals surface area contributed by atoms with Crippen LogP contribution in [0.4, 0.5) is 5.69 Å². The summed E-state index contributed by atoms with van der Waals surface area (Å²) in [5.41, 5.74) is -0.602. The quantitative estimate of drug-likeness (QED) is 0.620. The highest BCUT2D eigenvalue weighted by atomic mass is 35.5. The molecule has 88 valence electrons. The lowest BCUT2D eigenvalue weighted by molar-refractivity contribution is -0.386. The second-order valence-corrected chi connectivity index (χ2v) is 4.47. The largest absolute Gasteiger partial charge is 0.342 e. The third-order valence-corrected chi connectivity index (χ3v) is 2.98.